The molecule has 470 valence electrons. The summed E-state index contributed by atoms with van der Waals surface area (Å²) < 4.78 is 66.5. The van der Waals surface area contributed by atoms with Gasteiger partial charge in [-0.2, -0.15) is 13.2 Å². The zero-order chi connectivity index (χ0) is 66.1. The Morgan fingerprint density at radius 1 is 0.210 bits per heavy atom. The first kappa shape index (κ1) is 56.0. The molecular weight excluding hydrogens is 1240 g/mol. The van der Waals surface area contributed by atoms with Crippen LogP contribution in [0, 0.1) is 0 Å². The van der Waals surface area contributed by atoms with Crippen molar-refractivity contribution in [2.45, 2.75) is 6.18 Å². The molecule has 21 rings (SSSR count). The van der Waals surface area contributed by atoms with E-state index in [-0.39, 0.29) is 5.69 Å². The molecule has 14 aromatic carbocycles. The van der Waals surface area contributed by atoms with Crippen molar-refractivity contribution in [3.05, 3.63) is 333 Å². The van der Waals surface area contributed by atoms with Gasteiger partial charge in [-0.1, -0.05) is 206 Å². The topological polar surface area (TPSA) is 42.5 Å². The Labute approximate surface area is 569 Å². The van der Waals surface area contributed by atoms with Gasteiger partial charge >= 0.3 is 6.18 Å². The molecule has 0 amide bonds. The highest BCUT2D eigenvalue weighted by molar-refractivity contribution is 6.17. The van der Waals surface area contributed by atoms with E-state index in [1.165, 1.54) is 6.07 Å². The highest BCUT2D eigenvalue weighted by atomic mass is 19.4. The van der Waals surface area contributed by atoms with Crippen LogP contribution in [0.1, 0.15) is 5.56 Å². The number of pyridine rings is 1. The van der Waals surface area contributed by atoms with Gasteiger partial charge in [-0.3, -0.25) is 0 Å². The van der Waals surface area contributed by atoms with Crippen LogP contribution in [0.5, 0.6) is 0 Å². The number of rotatable bonds is 8. The summed E-state index contributed by atoms with van der Waals surface area (Å²) in [4.78, 5) is 5.53. The SMILES string of the molecule is FC(F)(F)c1cc(-n2c3cc(-n4c5ccccc5c5ccccc54)ccc3c3ccc(-n4c5ccccc5c5ccccc54)cc32)c(-c2cccc(-c3ccccc3)n2)cc1-n1c2cc(-n3c4ccccc4c4ccccc43)ccc2c2ccc(-n3c4ccccc4c4ccccc43)cc21. The van der Waals surface area contributed by atoms with Crippen molar-refractivity contribution in [1.82, 2.24) is 32.4 Å². The third kappa shape index (κ3) is 8.13. The molecule has 0 bridgehead atoms. The monoisotopic (exact) mass is 1290 g/mol. The molecule has 100 heavy (non-hydrogen) atoms. The molecule has 0 saturated carbocycles. The van der Waals surface area contributed by atoms with Gasteiger partial charge in [-0.25, -0.2) is 4.98 Å². The van der Waals surface area contributed by atoms with Crippen molar-refractivity contribution in [2.24, 2.45) is 0 Å². The van der Waals surface area contributed by atoms with Crippen molar-refractivity contribution in [1.29, 1.82) is 0 Å². The molecule has 7 nitrogen and oxygen atoms in total. The van der Waals surface area contributed by atoms with Crippen LogP contribution in [0.25, 0.3) is 187 Å². The molecule has 7 aromatic heterocycles. The Bertz CT molecular complexity index is 6480. The van der Waals surface area contributed by atoms with Gasteiger partial charge in [0, 0.05) is 98.5 Å². The lowest BCUT2D eigenvalue weighted by Gasteiger charge is -2.22. The Balaban J connectivity index is 0.913. The normalized spacial score (nSPS) is 12.3. The van der Waals surface area contributed by atoms with Crippen molar-refractivity contribution in [3.8, 4) is 56.6 Å². The Kier molecular flexibility index (Phi) is 11.9. The largest absolute Gasteiger partial charge is 0.418 e. The van der Waals surface area contributed by atoms with Gasteiger partial charge in [0.2, 0.25) is 0 Å². The number of hydrogen-bond acceptors (Lipinski definition) is 1. The molecule has 0 aliphatic rings. The van der Waals surface area contributed by atoms with E-state index < -0.39 is 11.7 Å². The van der Waals surface area contributed by atoms with Gasteiger partial charge in [0.05, 0.1) is 94.5 Å². The summed E-state index contributed by atoms with van der Waals surface area (Å²) in [5, 5.41) is 12.1. The molecule has 0 fully saturated rings. The Morgan fingerprint density at radius 3 is 0.790 bits per heavy atom. The summed E-state index contributed by atoms with van der Waals surface area (Å²) in [7, 11) is 0. The summed E-state index contributed by atoms with van der Waals surface area (Å²) in [6.07, 6.45) is -4.93. The Morgan fingerprint density at radius 2 is 0.480 bits per heavy atom. The van der Waals surface area contributed by atoms with Crippen LogP contribution in [0.2, 0.25) is 0 Å². The smallest absolute Gasteiger partial charge is 0.309 e. The van der Waals surface area contributed by atoms with E-state index in [4.69, 9.17) is 4.98 Å². The minimum atomic E-state index is -4.93. The number of aromatic nitrogens is 7. The number of benzene rings is 14. The summed E-state index contributed by atoms with van der Waals surface area (Å²) in [6, 6.07) is 111. The summed E-state index contributed by atoms with van der Waals surface area (Å²) in [6.45, 7) is 0. The molecule has 0 atom stereocenters. The number of fused-ring (bicyclic) bond motifs is 18. The molecule has 0 aliphatic carbocycles. The molecule has 10 heteroatoms. The third-order valence-electron chi connectivity index (χ3n) is 20.8. The van der Waals surface area contributed by atoms with Crippen LogP contribution < -0.4 is 0 Å². The summed E-state index contributed by atoms with van der Waals surface area (Å²) in [5.74, 6) is 0. The maximum absolute atomic E-state index is 17.9. The maximum Gasteiger partial charge on any atom is 0.418 e. The summed E-state index contributed by atoms with van der Waals surface area (Å²) >= 11 is 0. The molecule has 0 saturated heterocycles. The van der Waals surface area contributed by atoms with E-state index in [0.717, 1.165) is 148 Å². The van der Waals surface area contributed by atoms with E-state index in [9.17, 15) is 0 Å². The minimum Gasteiger partial charge on any atom is -0.309 e. The first-order chi connectivity index (χ1) is 49.3. The van der Waals surface area contributed by atoms with Gasteiger partial charge in [0.25, 0.3) is 0 Å². The standard InChI is InChI=1S/C90H54F3N7/c91-90(92,93)73-54-88(99-84-49-56(95-76-33-12-4-23-60(76)61-24-5-13-34-77(61)95)41-45-68(84)69-46-42-57(50-85(69)99)96-78-35-14-6-25-62(78)63-26-7-15-36-79(63)96)72(75-32-20-31-74(94-75)55-21-2-1-3-22-55)53-89(73)100-86-51-58(97-80-37-16-8-27-64(80)65-28-9-17-38-81(65)97)43-47-70(86)71-48-44-59(52-87(71)100)98-82-39-18-10-29-66(82)67-30-11-19-40-83(67)98/h1-54H. The van der Waals surface area contributed by atoms with Gasteiger partial charge < -0.3 is 27.4 Å². The Hall–Kier alpha value is -13.2. The van der Waals surface area contributed by atoms with Crippen molar-refractivity contribution in [3.63, 3.8) is 0 Å². The number of hydrogen-bond donors (Lipinski definition) is 0. The molecule has 0 aliphatic heterocycles. The van der Waals surface area contributed by atoms with Crippen molar-refractivity contribution >= 4 is 131 Å². The highest BCUT2D eigenvalue weighted by Gasteiger charge is 2.38. The zero-order valence-electron chi connectivity index (χ0n) is 53.4. The number of nitrogens with zero attached hydrogens (tertiary/aromatic N) is 7. The van der Waals surface area contributed by atoms with Crippen molar-refractivity contribution < 1.29 is 13.2 Å². The first-order valence-corrected chi connectivity index (χ1v) is 33.7. The van der Waals surface area contributed by atoms with Crippen LogP contribution in [0.4, 0.5) is 13.2 Å². The van der Waals surface area contributed by atoms with E-state index in [0.29, 0.717) is 33.7 Å². The highest BCUT2D eigenvalue weighted by Crippen LogP contribution is 2.48. The van der Waals surface area contributed by atoms with Gasteiger partial charge in [-0.15, -0.1) is 0 Å². The predicted molar refractivity (Wildman–Crippen MR) is 406 cm³/mol. The molecule has 0 N–H and O–H groups in total. The van der Waals surface area contributed by atoms with Crippen LogP contribution in [0.15, 0.2) is 328 Å². The fraction of sp³-hybridized carbons (Fsp3) is 0.0111. The average molecular weight is 1290 g/mol. The molecule has 7 heterocycles. The van der Waals surface area contributed by atoms with Crippen LogP contribution in [-0.2, 0) is 6.18 Å². The first-order valence-electron chi connectivity index (χ1n) is 33.7. The van der Waals surface area contributed by atoms with Gasteiger partial charge in [0.1, 0.15) is 0 Å². The molecule has 21 aromatic rings. The van der Waals surface area contributed by atoms with Crippen LogP contribution in [0.3, 0.4) is 0 Å². The second kappa shape index (κ2) is 21.2. The molecular formula is C90H54F3N7. The maximum atomic E-state index is 17.9. The number of para-hydroxylation sites is 8. The van der Waals surface area contributed by atoms with Gasteiger partial charge in [0.15, 0.2) is 0 Å². The number of alkyl halides is 3. The van der Waals surface area contributed by atoms with Crippen LogP contribution >= 0.6 is 0 Å². The zero-order valence-corrected chi connectivity index (χ0v) is 53.4. The molecule has 0 radical (unpaired) electrons. The van der Waals surface area contributed by atoms with E-state index in [1.807, 2.05) is 102 Å². The second-order valence-electron chi connectivity index (χ2n) is 26.1. The van der Waals surface area contributed by atoms with E-state index in [1.54, 1.807) is 6.07 Å². The lowest BCUT2D eigenvalue weighted by atomic mass is 10.0. The fourth-order valence-corrected chi connectivity index (χ4v) is 16.6. The lowest BCUT2D eigenvalue weighted by Crippen LogP contribution is -2.14. The van der Waals surface area contributed by atoms with Gasteiger partial charge in [-0.05, 0) is 121 Å². The third-order valence-corrected chi connectivity index (χ3v) is 20.8. The van der Waals surface area contributed by atoms with E-state index >= 15 is 13.2 Å². The van der Waals surface area contributed by atoms with Crippen LogP contribution in [-0.4, -0.2) is 32.4 Å². The quantitative estimate of drug-likeness (QED) is 0.149. The van der Waals surface area contributed by atoms with E-state index in [2.05, 4.69) is 241 Å². The average Bonchev–Trinajstić information content (AvgIpc) is 1.51. The predicted octanol–water partition coefficient (Wildman–Crippen LogP) is 24.0. The number of halogens is 3. The molecule has 0 unspecified atom stereocenters. The minimum absolute atomic E-state index is 0.0467. The lowest BCUT2D eigenvalue weighted by molar-refractivity contribution is -0.137. The second-order valence-corrected chi connectivity index (χ2v) is 26.1. The van der Waals surface area contributed by atoms with Crippen molar-refractivity contribution in [2.75, 3.05) is 0 Å². The fourth-order valence-electron chi connectivity index (χ4n) is 16.6. The summed E-state index contributed by atoms with van der Waals surface area (Å²) in [5.41, 5.74) is 16.0. The molecule has 0 spiro atoms.